The molecule has 0 bridgehead atoms. The molecule has 1 heterocycles. The number of thioether (sulfide) groups is 1. The van der Waals surface area contributed by atoms with Crippen molar-refractivity contribution in [1.29, 1.82) is 0 Å². The molecule has 4 nitrogen and oxygen atoms in total. The molecule has 0 spiro atoms. The van der Waals surface area contributed by atoms with Gasteiger partial charge in [0.1, 0.15) is 5.82 Å². The summed E-state index contributed by atoms with van der Waals surface area (Å²) >= 11 is 2.89. The lowest BCUT2D eigenvalue weighted by Crippen LogP contribution is -2.14. The summed E-state index contributed by atoms with van der Waals surface area (Å²) in [6.45, 7) is 2.06. The van der Waals surface area contributed by atoms with Crippen molar-refractivity contribution < 1.29 is 9.18 Å². The van der Waals surface area contributed by atoms with Gasteiger partial charge in [0.05, 0.1) is 0 Å². The first kappa shape index (κ1) is 14.5. The number of halogens is 1. The molecule has 0 saturated heterocycles. The molecule has 1 aromatic heterocycles. The van der Waals surface area contributed by atoms with Crippen LogP contribution in [0.2, 0.25) is 0 Å². The molecule has 1 fully saturated rings. The van der Waals surface area contributed by atoms with Crippen molar-refractivity contribution in [3.8, 4) is 0 Å². The Bertz CT molecular complexity index is 644. The highest BCUT2D eigenvalue weighted by Crippen LogP contribution is 2.39. The van der Waals surface area contributed by atoms with Crippen LogP contribution in [-0.4, -0.2) is 16.1 Å². The lowest BCUT2D eigenvalue weighted by atomic mass is 10.2. The van der Waals surface area contributed by atoms with Crippen LogP contribution in [0.1, 0.15) is 18.9 Å². The lowest BCUT2D eigenvalue weighted by Gasteiger charge is -1.98. The number of nitrogens with one attached hydrogen (secondary N) is 1. The molecule has 1 aromatic carbocycles. The predicted molar refractivity (Wildman–Crippen MR) is 81.8 cm³/mol. The Morgan fingerprint density at radius 2 is 2.14 bits per heavy atom. The Balaban J connectivity index is 1.52. The SMILES string of the molecule is CC1CC1C(=O)Nc1nnc(SCc2ccc(F)cc2)s1. The van der Waals surface area contributed by atoms with Gasteiger partial charge in [-0.25, -0.2) is 4.39 Å². The maximum atomic E-state index is 12.8. The van der Waals surface area contributed by atoms with Gasteiger partial charge in [-0.2, -0.15) is 0 Å². The zero-order valence-corrected chi connectivity index (χ0v) is 13.0. The van der Waals surface area contributed by atoms with E-state index in [1.54, 1.807) is 12.1 Å². The van der Waals surface area contributed by atoms with Crippen LogP contribution in [0.15, 0.2) is 28.6 Å². The van der Waals surface area contributed by atoms with Crippen LogP contribution in [0.25, 0.3) is 0 Å². The summed E-state index contributed by atoms with van der Waals surface area (Å²) < 4.78 is 13.6. The fourth-order valence-electron chi connectivity index (χ4n) is 1.93. The van der Waals surface area contributed by atoms with Crippen LogP contribution < -0.4 is 5.32 Å². The van der Waals surface area contributed by atoms with Crippen LogP contribution in [0.5, 0.6) is 0 Å². The van der Waals surface area contributed by atoms with E-state index in [2.05, 4.69) is 22.4 Å². The quantitative estimate of drug-likeness (QED) is 0.675. The fraction of sp³-hybridized carbons (Fsp3) is 0.357. The van der Waals surface area contributed by atoms with Crippen LogP contribution >= 0.6 is 23.1 Å². The Kier molecular flexibility index (Phi) is 4.21. The Morgan fingerprint density at radius 3 is 2.81 bits per heavy atom. The van der Waals surface area contributed by atoms with E-state index in [4.69, 9.17) is 0 Å². The number of hydrogen-bond acceptors (Lipinski definition) is 5. The van der Waals surface area contributed by atoms with Crippen LogP contribution in [-0.2, 0) is 10.5 Å². The smallest absolute Gasteiger partial charge is 0.229 e. The number of carbonyl (C=O) groups is 1. The van der Waals surface area contributed by atoms with E-state index < -0.39 is 0 Å². The van der Waals surface area contributed by atoms with Gasteiger partial charge in [-0.3, -0.25) is 4.79 Å². The zero-order chi connectivity index (χ0) is 14.8. The molecule has 2 atom stereocenters. The Hall–Kier alpha value is -1.47. The monoisotopic (exact) mass is 323 g/mol. The average molecular weight is 323 g/mol. The fourth-order valence-corrected chi connectivity index (χ4v) is 3.64. The second-order valence-corrected chi connectivity index (χ2v) is 7.30. The molecule has 110 valence electrons. The van der Waals surface area contributed by atoms with Gasteiger partial charge in [0.2, 0.25) is 11.0 Å². The van der Waals surface area contributed by atoms with Crippen LogP contribution in [0, 0.1) is 17.7 Å². The maximum Gasteiger partial charge on any atom is 0.229 e. The first-order valence-corrected chi connectivity index (χ1v) is 8.43. The van der Waals surface area contributed by atoms with Gasteiger partial charge >= 0.3 is 0 Å². The summed E-state index contributed by atoms with van der Waals surface area (Å²) in [5.74, 6) is 1.10. The summed E-state index contributed by atoms with van der Waals surface area (Å²) in [4.78, 5) is 11.8. The van der Waals surface area contributed by atoms with Crippen molar-refractivity contribution in [3.05, 3.63) is 35.6 Å². The average Bonchev–Trinajstić information content (AvgIpc) is 3.04. The van der Waals surface area contributed by atoms with E-state index in [9.17, 15) is 9.18 Å². The van der Waals surface area contributed by atoms with E-state index in [-0.39, 0.29) is 17.6 Å². The van der Waals surface area contributed by atoms with E-state index in [1.807, 2.05) is 0 Å². The van der Waals surface area contributed by atoms with Crippen molar-refractivity contribution in [2.75, 3.05) is 5.32 Å². The van der Waals surface area contributed by atoms with Crippen molar-refractivity contribution in [3.63, 3.8) is 0 Å². The van der Waals surface area contributed by atoms with Crippen molar-refractivity contribution in [1.82, 2.24) is 10.2 Å². The molecular formula is C14H14FN3OS2. The Labute approximate surface area is 130 Å². The number of nitrogens with zero attached hydrogens (tertiary/aromatic N) is 2. The van der Waals surface area contributed by atoms with Gasteiger partial charge in [-0.15, -0.1) is 10.2 Å². The van der Waals surface area contributed by atoms with Gasteiger partial charge in [0, 0.05) is 11.7 Å². The molecule has 2 unspecified atom stereocenters. The van der Waals surface area contributed by atoms with Gasteiger partial charge < -0.3 is 5.32 Å². The van der Waals surface area contributed by atoms with Gasteiger partial charge in [-0.1, -0.05) is 42.2 Å². The van der Waals surface area contributed by atoms with Crippen molar-refractivity contribution in [2.45, 2.75) is 23.4 Å². The molecule has 1 aliphatic rings. The second kappa shape index (κ2) is 6.11. The summed E-state index contributed by atoms with van der Waals surface area (Å²) in [5.41, 5.74) is 1.02. The normalized spacial score (nSPS) is 20.3. The second-order valence-electron chi connectivity index (χ2n) is 5.10. The van der Waals surface area contributed by atoms with Gasteiger partial charge in [-0.05, 0) is 30.0 Å². The molecule has 1 N–H and O–H groups in total. The molecule has 1 amide bonds. The number of anilines is 1. The minimum Gasteiger partial charge on any atom is -0.300 e. The third kappa shape index (κ3) is 3.79. The highest BCUT2D eigenvalue weighted by atomic mass is 32.2. The molecule has 0 aliphatic heterocycles. The van der Waals surface area contributed by atoms with Crippen molar-refractivity contribution in [2.24, 2.45) is 11.8 Å². The van der Waals surface area contributed by atoms with Crippen LogP contribution in [0.3, 0.4) is 0 Å². The topological polar surface area (TPSA) is 54.9 Å². The van der Waals surface area contributed by atoms with E-state index >= 15 is 0 Å². The number of rotatable bonds is 5. The summed E-state index contributed by atoms with van der Waals surface area (Å²) in [6.07, 6.45) is 0.955. The molecule has 7 heteroatoms. The predicted octanol–water partition coefficient (Wildman–Crippen LogP) is 3.56. The molecule has 3 rings (SSSR count). The molecule has 21 heavy (non-hydrogen) atoms. The number of hydrogen-bond donors (Lipinski definition) is 1. The van der Waals surface area contributed by atoms with Crippen LogP contribution in [0.4, 0.5) is 9.52 Å². The minimum absolute atomic E-state index is 0.0359. The lowest BCUT2D eigenvalue weighted by molar-refractivity contribution is -0.117. The van der Waals surface area contributed by atoms with E-state index in [1.165, 1.54) is 35.2 Å². The molecule has 2 aromatic rings. The maximum absolute atomic E-state index is 12.8. The third-order valence-corrected chi connectivity index (χ3v) is 5.40. The highest BCUT2D eigenvalue weighted by Gasteiger charge is 2.39. The van der Waals surface area contributed by atoms with Gasteiger partial charge in [0.15, 0.2) is 4.34 Å². The molecule has 1 aliphatic carbocycles. The molecule has 1 saturated carbocycles. The zero-order valence-electron chi connectivity index (χ0n) is 11.4. The standard InChI is InChI=1S/C14H14FN3OS2/c1-8-6-11(8)12(19)16-13-17-18-14(21-13)20-7-9-2-4-10(15)5-3-9/h2-5,8,11H,6-7H2,1H3,(H,16,17,19). The Morgan fingerprint density at radius 1 is 1.43 bits per heavy atom. The molecule has 0 radical (unpaired) electrons. The van der Waals surface area contributed by atoms with Gasteiger partial charge in [0.25, 0.3) is 0 Å². The van der Waals surface area contributed by atoms with Crippen molar-refractivity contribution >= 4 is 34.1 Å². The third-order valence-electron chi connectivity index (χ3n) is 3.36. The summed E-state index contributed by atoms with van der Waals surface area (Å²) in [5, 5.41) is 11.4. The number of aromatic nitrogens is 2. The first-order valence-electron chi connectivity index (χ1n) is 6.63. The van der Waals surface area contributed by atoms with E-state index in [0.29, 0.717) is 16.8 Å². The number of carbonyl (C=O) groups excluding carboxylic acids is 1. The summed E-state index contributed by atoms with van der Waals surface area (Å²) in [6, 6.07) is 6.39. The highest BCUT2D eigenvalue weighted by molar-refractivity contribution is 8.00. The molecular weight excluding hydrogens is 309 g/mol. The van der Waals surface area contributed by atoms with E-state index in [0.717, 1.165) is 16.3 Å². The minimum atomic E-state index is -0.237. The number of benzene rings is 1. The summed E-state index contributed by atoms with van der Waals surface area (Å²) in [7, 11) is 0. The number of amides is 1. The first-order chi connectivity index (χ1) is 10.1. The largest absolute Gasteiger partial charge is 0.300 e.